The molecular formula is C20H26N4O2S2. The number of thioether (sulfide) groups is 1. The molecule has 0 saturated carbocycles. The number of likely N-dealkylation sites (tertiary alicyclic amines) is 1. The second kappa shape index (κ2) is 9.54. The lowest BCUT2D eigenvalue weighted by Gasteiger charge is -2.30. The van der Waals surface area contributed by atoms with Crippen molar-refractivity contribution in [3.63, 3.8) is 0 Å². The number of carbonyl (C=O) groups excluding carboxylic acids is 2. The number of nitrogens with one attached hydrogen (secondary N) is 1. The first-order chi connectivity index (χ1) is 13.4. The normalized spacial score (nSPS) is 15.4. The van der Waals surface area contributed by atoms with Gasteiger partial charge >= 0.3 is 0 Å². The number of anilines is 1. The molecule has 1 aliphatic heterocycles. The SMILES string of the molecule is Cc1nc(CN2CCC(C(=O)Nc3ccc(SC(=O)N(C)C)cc3)CC2)cs1. The number of rotatable bonds is 5. The number of amides is 2. The minimum Gasteiger partial charge on any atom is -0.339 e. The van der Waals surface area contributed by atoms with Crippen molar-refractivity contribution < 1.29 is 9.59 Å². The van der Waals surface area contributed by atoms with Crippen LogP contribution in [0.1, 0.15) is 23.5 Å². The van der Waals surface area contributed by atoms with Crippen LogP contribution in [-0.4, -0.2) is 53.1 Å². The Kier molecular flexibility index (Phi) is 7.09. The molecule has 1 fully saturated rings. The van der Waals surface area contributed by atoms with Gasteiger partial charge in [-0.3, -0.25) is 14.5 Å². The number of hydrogen-bond acceptors (Lipinski definition) is 6. The summed E-state index contributed by atoms with van der Waals surface area (Å²) in [5.74, 6) is 0.117. The van der Waals surface area contributed by atoms with Gasteiger partial charge in [-0.1, -0.05) is 0 Å². The molecule has 0 bridgehead atoms. The molecule has 150 valence electrons. The maximum atomic E-state index is 12.6. The van der Waals surface area contributed by atoms with Gasteiger partial charge in [0.25, 0.3) is 5.24 Å². The number of hydrogen-bond donors (Lipinski definition) is 1. The van der Waals surface area contributed by atoms with Crippen LogP contribution < -0.4 is 5.32 Å². The van der Waals surface area contributed by atoms with E-state index in [4.69, 9.17) is 0 Å². The smallest absolute Gasteiger partial charge is 0.285 e. The highest BCUT2D eigenvalue weighted by atomic mass is 32.2. The van der Waals surface area contributed by atoms with E-state index in [-0.39, 0.29) is 17.1 Å². The van der Waals surface area contributed by atoms with Crippen molar-refractivity contribution in [2.75, 3.05) is 32.5 Å². The van der Waals surface area contributed by atoms with Crippen molar-refractivity contribution >= 4 is 39.9 Å². The number of piperidine rings is 1. The third-order valence-corrected chi connectivity index (χ3v) is 6.57. The molecule has 2 aromatic rings. The van der Waals surface area contributed by atoms with Crippen LogP contribution in [0.3, 0.4) is 0 Å². The topological polar surface area (TPSA) is 65.5 Å². The zero-order chi connectivity index (χ0) is 20.1. The van der Waals surface area contributed by atoms with E-state index in [9.17, 15) is 9.59 Å². The van der Waals surface area contributed by atoms with Gasteiger partial charge in [0.1, 0.15) is 0 Å². The van der Waals surface area contributed by atoms with Crippen LogP contribution >= 0.6 is 23.1 Å². The van der Waals surface area contributed by atoms with Gasteiger partial charge in [0.15, 0.2) is 0 Å². The van der Waals surface area contributed by atoms with Crippen LogP contribution in [0.2, 0.25) is 0 Å². The van der Waals surface area contributed by atoms with Crippen LogP contribution in [0.4, 0.5) is 10.5 Å². The van der Waals surface area contributed by atoms with E-state index in [1.807, 2.05) is 31.2 Å². The van der Waals surface area contributed by atoms with E-state index in [0.29, 0.717) is 0 Å². The highest BCUT2D eigenvalue weighted by molar-refractivity contribution is 8.13. The average Bonchev–Trinajstić information content (AvgIpc) is 3.08. The number of thiazole rings is 1. The summed E-state index contributed by atoms with van der Waals surface area (Å²) in [7, 11) is 3.46. The van der Waals surface area contributed by atoms with Gasteiger partial charge in [0.05, 0.1) is 10.7 Å². The summed E-state index contributed by atoms with van der Waals surface area (Å²) in [4.78, 5) is 33.6. The van der Waals surface area contributed by atoms with E-state index in [1.165, 1.54) is 11.8 Å². The maximum Gasteiger partial charge on any atom is 0.285 e. The van der Waals surface area contributed by atoms with Gasteiger partial charge < -0.3 is 10.2 Å². The fourth-order valence-electron chi connectivity index (χ4n) is 3.11. The first kappa shape index (κ1) is 20.8. The van der Waals surface area contributed by atoms with Crippen molar-refractivity contribution in [1.29, 1.82) is 0 Å². The zero-order valence-electron chi connectivity index (χ0n) is 16.5. The molecule has 1 aromatic carbocycles. The number of aromatic nitrogens is 1. The molecule has 0 spiro atoms. The Morgan fingerprint density at radius 1 is 1.25 bits per heavy atom. The Labute approximate surface area is 174 Å². The van der Waals surface area contributed by atoms with Crippen molar-refractivity contribution in [3.8, 4) is 0 Å². The lowest BCUT2D eigenvalue weighted by Crippen LogP contribution is -2.37. The van der Waals surface area contributed by atoms with Crippen molar-refractivity contribution in [1.82, 2.24) is 14.8 Å². The fourth-order valence-corrected chi connectivity index (χ4v) is 4.37. The minimum atomic E-state index is -0.0173. The summed E-state index contributed by atoms with van der Waals surface area (Å²) >= 11 is 2.85. The molecule has 1 N–H and O–H groups in total. The summed E-state index contributed by atoms with van der Waals surface area (Å²) in [6.45, 7) is 4.72. The molecular weight excluding hydrogens is 392 g/mol. The molecule has 1 aliphatic rings. The van der Waals surface area contributed by atoms with Gasteiger partial charge in [-0.2, -0.15) is 0 Å². The summed E-state index contributed by atoms with van der Waals surface area (Å²) in [6.07, 6.45) is 1.72. The Morgan fingerprint density at radius 2 is 1.93 bits per heavy atom. The van der Waals surface area contributed by atoms with Gasteiger partial charge in [0, 0.05) is 42.5 Å². The van der Waals surface area contributed by atoms with E-state index in [2.05, 4.69) is 20.6 Å². The lowest BCUT2D eigenvalue weighted by molar-refractivity contribution is -0.121. The van der Waals surface area contributed by atoms with Crippen LogP contribution in [-0.2, 0) is 11.3 Å². The molecule has 3 rings (SSSR count). The standard InChI is InChI=1S/C20H26N4O2S2/c1-14-21-17(13-27-14)12-24-10-8-15(9-11-24)19(25)22-16-4-6-18(7-5-16)28-20(26)23(2)3/h4-7,13,15H,8-12H2,1-3H3,(H,22,25). The molecule has 1 aromatic heterocycles. The van der Waals surface area contributed by atoms with E-state index in [1.54, 1.807) is 30.3 Å². The molecule has 8 heteroatoms. The molecule has 2 heterocycles. The molecule has 2 amide bonds. The Bertz CT molecular complexity index is 812. The monoisotopic (exact) mass is 418 g/mol. The van der Waals surface area contributed by atoms with Crippen LogP contribution in [0.25, 0.3) is 0 Å². The molecule has 0 aliphatic carbocycles. The first-order valence-electron chi connectivity index (χ1n) is 9.34. The van der Waals surface area contributed by atoms with Crippen LogP contribution in [0.5, 0.6) is 0 Å². The van der Waals surface area contributed by atoms with Gasteiger partial charge in [0.2, 0.25) is 5.91 Å². The summed E-state index contributed by atoms with van der Waals surface area (Å²) < 4.78 is 0. The molecule has 28 heavy (non-hydrogen) atoms. The molecule has 6 nitrogen and oxygen atoms in total. The number of nitrogens with zero attached hydrogens (tertiary/aromatic N) is 3. The van der Waals surface area contributed by atoms with Gasteiger partial charge in [-0.15, -0.1) is 11.3 Å². The molecule has 0 atom stereocenters. The Morgan fingerprint density at radius 3 is 2.50 bits per heavy atom. The van der Waals surface area contributed by atoms with Crippen LogP contribution in [0, 0.1) is 12.8 Å². The average molecular weight is 419 g/mol. The lowest BCUT2D eigenvalue weighted by atomic mass is 9.95. The molecule has 0 radical (unpaired) electrons. The highest BCUT2D eigenvalue weighted by Gasteiger charge is 2.25. The second-order valence-electron chi connectivity index (χ2n) is 7.18. The van der Waals surface area contributed by atoms with Gasteiger partial charge in [-0.05, 0) is 68.9 Å². The third kappa shape index (κ3) is 5.80. The summed E-state index contributed by atoms with van der Waals surface area (Å²) in [6, 6.07) is 7.42. The minimum absolute atomic E-state index is 0.0173. The van der Waals surface area contributed by atoms with Crippen molar-refractivity contribution in [2.24, 2.45) is 5.92 Å². The maximum absolute atomic E-state index is 12.6. The number of benzene rings is 1. The Balaban J connectivity index is 1.45. The molecule has 1 saturated heterocycles. The summed E-state index contributed by atoms with van der Waals surface area (Å²) in [5.41, 5.74) is 1.89. The van der Waals surface area contributed by atoms with Crippen molar-refractivity contribution in [3.05, 3.63) is 40.3 Å². The molecule has 0 unspecified atom stereocenters. The predicted molar refractivity (Wildman–Crippen MR) is 115 cm³/mol. The van der Waals surface area contributed by atoms with Crippen LogP contribution in [0.15, 0.2) is 34.5 Å². The van der Waals surface area contributed by atoms with E-state index < -0.39 is 0 Å². The second-order valence-corrected chi connectivity index (χ2v) is 9.27. The highest BCUT2D eigenvalue weighted by Crippen LogP contribution is 2.24. The quantitative estimate of drug-likeness (QED) is 0.742. The van der Waals surface area contributed by atoms with Gasteiger partial charge in [-0.25, -0.2) is 4.98 Å². The third-order valence-electron chi connectivity index (χ3n) is 4.70. The van der Waals surface area contributed by atoms with Crippen molar-refractivity contribution in [2.45, 2.75) is 31.2 Å². The summed E-state index contributed by atoms with van der Waals surface area (Å²) in [5, 5.41) is 6.20. The first-order valence-corrected chi connectivity index (χ1v) is 11.0. The fraction of sp³-hybridized carbons (Fsp3) is 0.450. The predicted octanol–water partition coefficient (Wildman–Crippen LogP) is 4.08. The largest absolute Gasteiger partial charge is 0.339 e. The number of aryl methyl sites for hydroxylation is 1. The number of carbonyl (C=O) groups is 2. The zero-order valence-corrected chi connectivity index (χ0v) is 18.1. The Hall–Kier alpha value is -1.90. The van der Waals surface area contributed by atoms with E-state index >= 15 is 0 Å². The van der Waals surface area contributed by atoms with E-state index in [0.717, 1.165) is 53.8 Å².